The average molecular weight is 569 g/mol. The molecule has 1 aromatic heterocycles. The molecule has 0 aliphatic heterocycles. The second kappa shape index (κ2) is 11.5. The van der Waals surface area contributed by atoms with E-state index in [1.807, 2.05) is 53.3 Å². The molecular weight excluding hydrogens is 548 g/mol. The summed E-state index contributed by atoms with van der Waals surface area (Å²) in [6.07, 6.45) is 2.17. The van der Waals surface area contributed by atoms with Crippen LogP contribution in [0.5, 0.6) is 11.6 Å². The van der Waals surface area contributed by atoms with Crippen molar-refractivity contribution >= 4 is 27.9 Å². The van der Waals surface area contributed by atoms with Gasteiger partial charge in [0.2, 0.25) is 5.88 Å². The molecule has 4 aromatic carbocycles. The first-order valence-electron chi connectivity index (χ1n) is 12.0. The lowest BCUT2D eigenvalue weighted by Gasteiger charge is -2.14. The van der Waals surface area contributed by atoms with Gasteiger partial charge < -0.3 is 9.30 Å². The summed E-state index contributed by atoms with van der Waals surface area (Å²) in [7, 11) is -4.05. The molecule has 5 rings (SSSR count). The molecule has 0 radical (unpaired) electrons. The van der Waals surface area contributed by atoms with Crippen molar-refractivity contribution in [3.63, 3.8) is 0 Å². The number of nitrogens with zero attached hydrogens (tertiary/aromatic N) is 3. The first kappa shape index (κ1) is 26.7. The Kier molecular flexibility index (Phi) is 7.64. The molecule has 0 saturated heterocycles. The Morgan fingerprint density at radius 1 is 0.925 bits per heavy atom. The molecule has 8 nitrogen and oxygen atoms in total. The zero-order valence-corrected chi connectivity index (χ0v) is 22.4. The number of nitrogens with one attached hydrogen (secondary N) is 1. The van der Waals surface area contributed by atoms with E-state index in [-0.39, 0.29) is 23.0 Å². The van der Waals surface area contributed by atoms with Crippen LogP contribution in [0.1, 0.15) is 16.1 Å². The largest absolute Gasteiger partial charge is 0.437 e. The van der Waals surface area contributed by atoms with Gasteiger partial charge in [-0.1, -0.05) is 90.5 Å². The van der Waals surface area contributed by atoms with E-state index in [2.05, 4.69) is 4.98 Å². The highest BCUT2D eigenvalue weighted by Crippen LogP contribution is 2.34. The van der Waals surface area contributed by atoms with Crippen molar-refractivity contribution in [1.29, 1.82) is 5.26 Å². The summed E-state index contributed by atoms with van der Waals surface area (Å²) in [6, 6.07) is 30.0. The van der Waals surface area contributed by atoms with Crippen molar-refractivity contribution in [2.24, 2.45) is 0 Å². The van der Waals surface area contributed by atoms with Crippen LogP contribution in [0.25, 0.3) is 22.5 Å². The third-order valence-corrected chi connectivity index (χ3v) is 7.77. The Morgan fingerprint density at radius 2 is 1.60 bits per heavy atom. The van der Waals surface area contributed by atoms with Gasteiger partial charge >= 0.3 is 0 Å². The summed E-state index contributed by atoms with van der Waals surface area (Å²) >= 11 is 6.72. The molecule has 1 N–H and O–H groups in total. The minimum Gasteiger partial charge on any atom is -0.437 e. The number of rotatable bonds is 9. The molecule has 0 aliphatic carbocycles. The average Bonchev–Trinajstić information content (AvgIpc) is 3.31. The molecule has 0 atom stereocenters. The van der Waals surface area contributed by atoms with E-state index in [1.165, 1.54) is 12.3 Å². The summed E-state index contributed by atoms with van der Waals surface area (Å²) < 4.78 is 34.7. The maximum Gasteiger partial charge on any atom is 0.270 e. The standard InChI is InChI=1S/C30H21ClN4O4S/c31-26-17-22(25-13-7-8-14-28(25)40(37,38)33-20-32)15-16-23(26)18-35-27(19-36)30(39-24-11-5-2-6-12-24)34-29(35)21-9-3-1-4-10-21/h1-17,19,33H,18H2. The van der Waals surface area contributed by atoms with Crippen LogP contribution in [0.15, 0.2) is 108 Å². The molecule has 0 fully saturated rings. The number of benzene rings is 4. The fourth-order valence-corrected chi connectivity index (χ4v) is 5.47. The lowest BCUT2D eigenvalue weighted by molar-refractivity contribution is 0.111. The van der Waals surface area contributed by atoms with Crippen LogP contribution in [-0.2, 0) is 16.6 Å². The molecule has 10 heteroatoms. The highest BCUT2D eigenvalue weighted by Gasteiger charge is 2.22. The van der Waals surface area contributed by atoms with Gasteiger partial charge in [-0.05, 0) is 35.4 Å². The van der Waals surface area contributed by atoms with Crippen LogP contribution in [-0.4, -0.2) is 24.3 Å². The monoisotopic (exact) mass is 568 g/mol. The van der Waals surface area contributed by atoms with Crippen molar-refractivity contribution < 1.29 is 17.9 Å². The minimum absolute atomic E-state index is 0.0488. The molecule has 0 bridgehead atoms. The van der Waals surface area contributed by atoms with Crippen molar-refractivity contribution in [2.45, 2.75) is 11.4 Å². The summed E-state index contributed by atoms with van der Waals surface area (Å²) in [5.41, 5.74) is 2.63. The fourth-order valence-electron chi connectivity index (χ4n) is 4.27. The van der Waals surface area contributed by atoms with Gasteiger partial charge in [0, 0.05) is 16.1 Å². The number of carbonyl (C=O) groups excluding carboxylic acids is 1. The van der Waals surface area contributed by atoms with E-state index in [9.17, 15) is 13.2 Å². The topological polar surface area (TPSA) is 114 Å². The Hall–Kier alpha value is -4.91. The normalized spacial score (nSPS) is 11.0. The highest BCUT2D eigenvalue weighted by atomic mass is 35.5. The Labute approximate surface area is 236 Å². The SMILES string of the molecule is N#CNS(=O)(=O)c1ccccc1-c1ccc(Cn2c(-c3ccccc3)nc(Oc3ccccc3)c2C=O)c(Cl)c1. The Morgan fingerprint density at radius 3 is 2.27 bits per heavy atom. The summed E-state index contributed by atoms with van der Waals surface area (Å²) in [4.78, 5) is 16.9. The minimum atomic E-state index is -4.05. The van der Waals surface area contributed by atoms with E-state index in [0.29, 0.717) is 39.6 Å². The molecule has 198 valence electrons. The molecule has 40 heavy (non-hydrogen) atoms. The van der Waals surface area contributed by atoms with Crippen molar-refractivity contribution in [2.75, 3.05) is 0 Å². The quantitative estimate of drug-likeness (QED) is 0.127. The second-order valence-electron chi connectivity index (χ2n) is 8.63. The van der Waals surface area contributed by atoms with Crippen LogP contribution in [0, 0.1) is 11.5 Å². The van der Waals surface area contributed by atoms with Crippen LogP contribution in [0.3, 0.4) is 0 Å². The maximum absolute atomic E-state index is 12.6. The highest BCUT2D eigenvalue weighted by molar-refractivity contribution is 7.89. The van der Waals surface area contributed by atoms with Crippen molar-refractivity contribution in [3.05, 3.63) is 119 Å². The number of nitriles is 1. The number of halogens is 1. The number of sulfonamides is 1. The van der Waals surface area contributed by atoms with E-state index in [4.69, 9.17) is 21.6 Å². The van der Waals surface area contributed by atoms with Gasteiger partial charge in [0.25, 0.3) is 10.0 Å². The van der Waals surface area contributed by atoms with Gasteiger partial charge in [0.05, 0.1) is 11.4 Å². The summed E-state index contributed by atoms with van der Waals surface area (Å²) in [5.74, 6) is 1.22. The summed E-state index contributed by atoms with van der Waals surface area (Å²) in [6.45, 7) is 0.193. The molecular formula is C30H21ClN4O4S. The summed E-state index contributed by atoms with van der Waals surface area (Å²) in [5, 5.41) is 9.23. The van der Waals surface area contributed by atoms with Crippen LogP contribution >= 0.6 is 11.6 Å². The number of para-hydroxylation sites is 1. The number of imidazole rings is 1. The van der Waals surface area contributed by atoms with E-state index in [0.717, 1.165) is 5.56 Å². The molecule has 0 unspecified atom stereocenters. The zero-order valence-electron chi connectivity index (χ0n) is 20.9. The van der Waals surface area contributed by atoms with Crippen LogP contribution in [0.2, 0.25) is 5.02 Å². The second-order valence-corrected chi connectivity index (χ2v) is 10.7. The smallest absolute Gasteiger partial charge is 0.270 e. The lowest BCUT2D eigenvalue weighted by Crippen LogP contribution is -2.18. The van der Waals surface area contributed by atoms with Gasteiger partial charge in [-0.2, -0.15) is 10.2 Å². The molecule has 0 amide bonds. The van der Waals surface area contributed by atoms with Gasteiger partial charge in [-0.25, -0.2) is 13.1 Å². The van der Waals surface area contributed by atoms with Crippen molar-refractivity contribution in [1.82, 2.24) is 14.3 Å². The number of hydrogen-bond donors (Lipinski definition) is 1. The number of aromatic nitrogens is 2. The van der Waals surface area contributed by atoms with Crippen LogP contribution in [0.4, 0.5) is 0 Å². The van der Waals surface area contributed by atoms with Gasteiger partial charge in [-0.3, -0.25) is 4.79 Å². The first-order valence-corrected chi connectivity index (χ1v) is 13.9. The van der Waals surface area contributed by atoms with Gasteiger partial charge in [0.15, 0.2) is 12.5 Å². The third-order valence-electron chi connectivity index (χ3n) is 6.12. The number of carbonyl (C=O) groups is 1. The number of aldehydes is 1. The van der Waals surface area contributed by atoms with Gasteiger partial charge in [0.1, 0.15) is 17.3 Å². The molecule has 0 saturated carbocycles. The first-order chi connectivity index (χ1) is 19.4. The van der Waals surface area contributed by atoms with Crippen molar-refractivity contribution in [3.8, 4) is 40.3 Å². The van der Waals surface area contributed by atoms with E-state index in [1.54, 1.807) is 53.1 Å². The molecule has 0 aliphatic rings. The zero-order chi connectivity index (χ0) is 28.1. The number of hydrogen-bond acceptors (Lipinski definition) is 6. The third kappa shape index (κ3) is 5.45. The van der Waals surface area contributed by atoms with Crippen LogP contribution < -0.4 is 9.46 Å². The fraction of sp³-hybridized carbons (Fsp3) is 0.0333. The Bertz CT molecular complexity index is 1830. The maximum atomic E-state index is 12.6. The molecule has 0 spiro atoms. The lowest BCUT2D eigenvalue weighted by atomic mass is 10.0. The van der Waals surface area contributed by atoms with E-state index >= 15 is 0 Å². The predicted octanol–water partition coefficient (Wildman–Crippen LogP) is 6.28. The van der Waals surface area contributed by atoms with E-state index < -0.39 is 10.0 Å². The van der Waals surface area contributed by atoms with Gasteiger partial charge in [-0.15, -0.1) is 0 Å². The Balaban J connectivity index is 1.56. The number of ether oxygens (including phenoxy) is 1. The predicted molar refractivity (Wildman–Crippen MR) is 151 cm³/mol. The molecule has 1 heterocycles. The molecule has 5 aromatic rings.